The molecule has 0 aliphatic carbocycles. The van der Waals surface area contributed by atoms with E-state index < -0.39 is 5.97 Å². The summed E-state index contributed by atoms with van der Waals surface area (Å²) in [6.45, 7) is 2.47. The second-order valence-corrected chi connectivity index (χ2v) is 4.62. The predicted molar refractivity (Wildman–Crippen MR) is 78.1 cm³/mol. The first-order chi connectivity index (χ1) is 10.1. The number of carbonyl (C=O) groups is 1. The minimum Gasteiger partial charge on any atom is -0.475 e. The van der Waals surface area contributed by atoms with Gasteiger partial charge in [0, 0.05) is 12.2 Å². The quantitative estimate of drug-likeness (QED) is 0.879. The highest BCUT2D eigenvalue weighted by Gasteiger charge is 2.20. The van der Waals surface area contributed by atoms with Gasteiger partial charge < -0.3 is 14.4 Å². The molecule has 108 valence electrons. The van der Waals surface area contributed by atoms with Crippen LogP contribution in [0.3, 0.4) is 0 Å². The summed E-state index contributed by atoms with van der Waals surface area (Å²) in [5.41, 5.74) is 0.966. The zero-order chi connectivity index (χ0) is 15.2. The minimum absolute atomic E-state index is 0.0786. The third kappa shape index (κ3) is 3.42. The van der Waals surface area contributed by atoms with E-state index in [0.29, 0.717) is 18.7 Å². The van der Waals surface area contributed by atoms with E-state index >= 15 is 0 Å². The van der Waals surface area contributed by atoms with Gasteiger partial charge in [-0.1, -0.05) is 18.2 Å². The van der Waals surface area contributed by atoms with Crippen LogP contribution in [0.5, 0.6) is 0 Å². The molecular weight excluding hydrogens is 268 g/mol. The van der Waals surface area contributed by atoms with Crippen LogP contribution in [0.4, 0.5) is 5.69 Å². The third-order valence-electron chi connectivity index (χ3n) is 3.27. The maximum atomic E-state index is 10.9. The van der Waals surface area contributed by atoms with E-state index in [1.807, 2.05) is 42.2 Å². The molecule has 2 aromatic rings. The van der Waals surface area contributed by atoms with Gasteiger partial charge in [-0.3, -0.25) is 0 Å². The number of hydrogen-bond acceptors (Lipinski definition) is 4. The van der Waals surface area contributed by atoms with E-state index in [-0.39, 0.29) is 11.8 Å². The van der Waals surface area contributed by atoms with Crippen LogP contribution in [-0.4, -0.2) is 17.6 Å². The van der Waals surface area contributed by atoms with Gasteiger partial charge in [-0.2, -0.15) is 5.26 Å². The molecule has 0 fully saturated rings. The summed E-state index contributed by atoms with van der Waals surface area (Å²) in [4.78, 5) is 12.9. The first-order valence-corrected chi connectivity index (χ1v) is 6.65. The van der Waals surface area contributed by atoms with Crippen molar-refractivity contribution in [3.05, 3.63) is 54.0 Å². The number of hydrogen-bond donors (Lipinski definition) is 1. The van der Waals surface area contributed by atoms with Crippen LogP contribution < -0.4 is 4.90 Å². The van der Waals surface area contributed by atoms with Crippen molar-refractivity contribution in [3.63, 3.8) is 0 Å². The molecule has 1 unspecified atom stereocenters. The van der Waals surface area contributed by atoms with Gasteiger partial charge in [-0.15, -0.1) is 0 Å². The van der Waals surface area contributed by atoms with E-state index in [1.165, 1.54) is 6.07 Å². The number of aromatic carboxylic acids is 1. The van der Waals surface area contributed by atoms with E-state index in [1.54, 1.807) is 6.07 Å². The molecule has 21 heavy (non-hydrogen) atoms. The van der Waals surface area contributed by atoms with Gasteiger partial charge in [-0.25, -0.2) is 4.79 Å². The topological polar surface area (TPSA) is 77.5 Å². The van der Waals surface area contributed by atoms with E-state index in [9.17, 15) is 4.79 Å². The number of benzene rings is 1. The van der Waals surface area contributed by atoms with E-state index in [2.05, 4.69) is 6.07 Å². The van der Waals surface area contributed by atoms with Gasteiger partial charge in [0.05, 0.1) is 18.5 Å². The number of para-hydroxylation sites is 1. The number of carboxylic acid groups (broad SMARTS) is 1. The molecule has 0 saturated heterocycles. The fraction of sp³-hybridized carbons (Fsp3) is 0.250. The number of nitriles is 1. The van der Waals surface area contributed by atoms with Gasteiger partial charge in [-0.05, 0) is 31.2 Å². The Morgan fingerprint density at radius 3 is 2.62 bits per heavy atom. The van der Waals surface area contributed by atoms with Crippen molar-refractivity contribution in [2.24, 2.45) is 0 Å². The molecule has 0 aliphatic heterocycles. The molecule has 1 N–H and O–H groups in total. The van der Waals surface area contributed by atoms with Gasteiger partial charge in [0.1, 0.15) is 5.76 Å². The van der Waals surface area contributed by atoms with E-state index in [0.717, 1.165) is 5.69 Å². The SMILES string of the molecule is CC(c1ccc(C(=O)O)o1)N(CCC#N)c1ccccc1. The molecule has 0 radical (unpaired) electrons. The summed E-state index contributed by atoms with van der Waals surface area (Å²) in [7, 11) is 0. The number of carboxylic acids is 1. The maximum Gasteiger partial charge on any atom is 0.371 e. The molecule has 1 atom stereocenters. The number of anilines is 1. The van der Waals surface area contributed by atoms with Crippen molar-refractivity contribution in [2.75, 3.05) is 11.4 Å². The minimum atomic E-state index is -1.09. The molecule has 1 aromatic carbocycles. The Kier molecular flexibility index (Phi) is 4.62. The number of nitrogens with zero attached hydrogens (tertiary/aromatic N) is 2. The highest BCUT2D eigenvalue weighted by atomic mass is 16.4. The summed E-state index contributed by atoms with van der Waals surface area (Å²) in [5, 5.41) is 17.7. The lowest BCUT2D eigenvalue weighted by atomic mass is 10.1. The number of furan rings is 1. The van der Waals surface area contributed by atoms with Crippen LogP contribution in [0.25, 0.3) is 0 Å². The summed E-state index contributed by atoms with van der Waals surface area (Å²) < 4.78 is 5.37. The normalized spacial score (nSPS) is 11.6. The molecule has 0 bridgehead atoms. The summed E-state index contributed by atoms with van der Waals surface area (Å²) in [6.07, 6.45) is 0.381. The smallest absolute Gasteiger partial charge is 0.371 e. The largest absolute Gasteiger partial charge is 0.475 e. The molecule has 1 aromatic heterocycles. The molecule has 1 heterocycles. The van der Waals surface area contributed by atoms with E-state index in [4.69, 9.17) is 14.8 Å². The molecule has 0 saturated carbocycles. The number of rotatable bonds is 6. The highest BCUT2D eigenvalue weighted by Crippen LogP contribution is 2.28. The van der Waals surface area contributed by atoms with Crippen molar-refractivity contribution in [2.45, 2.75) is 19.4 Å². The van der Waals surface area contributed by atoms with Crippen LogP contribution in [0, 0.1) is 11.3 Å². The predicted octanol–water partition coefficient (Wildman–Crippen LogP) is 3.46. The fourth-order valence-corrected chi connectivity index (χ4v) is 2.18. The van der Waals surface area contributed by atoms with Gasteiger partial charge in [0.2, 0.25) is 5.76 Å². The Morgan fingerprint density at radius 1 is 1.33 bits per heavy atom. The Morgan fingerprint density at radius 2 is 2.05 bits per heavy atom. The maximum absolute atomic E-state index is 10.9. The Bertz CT molecular complexity index is 643. The lowest BCUT2D eigenvalue weighted by molar-refractivity contribution is 0.0659. The van der Waals surface area contributed by atoms with Crippen molar-refractivity contribution in [1.29, 1.82) is 5.26 Å². The van der Waals surface area contributed by atoms with Crippen molar-refractivity contribution in [1.82, 2.24) is 0 Å². The summed E-state index contributed by atoms with van der Waals surface area (Å²) in [6, 6.07) is 14.8. The summed E-state index contributed by atoms with van der Waals surface area (Å²) >= 11 is 0. The van der Waals surface area contributed by atoms with Crippen molar-refractivity contribution < 1.29 is 14.3 Å². The molecule has 2 rings (SSSR count). The second-order valence-electron chi connectivity index (χ2n) is 4.62. The molecule has 5 nitrogen and oxygen atoms in total. The standard InChI is InChI=1S/C16H16N2O3/c1-12(14-8-9-15(21-14)16(19)20)18(11-5-10-17)13-6-3-2-4-7-13/h2-4,6-9,12H,5,11H2,1H3,(H,19,20). The van der Waals surface area contributed by atoms with Crippen LogP contribution in [-0.2, 0) is 0 Å². The Hall–Kier alpha value is -2.74. The van der Waals surface area contributed by atoms with Crippen molar-refractivity contribution in [3.8, 4) is 6.07 Å². The third-order valence-corrected chi connectivity index (χ3v) is 3.27. The second kappa shape index (κ2) is 6.62. The molecule has 0 spiro atoms. The first kappa shape index (κ1) is 14.7. The van der Waals surface area contributed by atoms with Crippen molar-refractivity contribution >= 4 is 11.7 Å². The van der Waals surface area contributed by atoms with Crippen LogP contribution in [0.1, 0.15) is 35.7 Å². The average molecular weight is 284 g/mol. The monoisotopic (exact) mass is 284 g/mol. The molecule has 5 heteroatoms. The van der Waals surface area contributed by atoms with Gasteiger partial charge in [0.15, 0.2) is 0 Å². The first-order valence-electron chi connectivity index (χ1n) is 6.65. The molecular formula is C16H16N2O3. The highest BCUT2D eigenvalue weighted by molar-refractivity contribution is 5.84. The zero-order valence-corrected chi connectivity index (χ0v) is 11.7. The lowest BCUT2D eigenvalue weighted by Gasteiger charge is -2.29. The zero-order valence-electron chi connectivity index (χ0n) is 11.7. The van der Waals surface area contributed by atoms with Crippen LogP contribution >= 0.6 is 0 Å². The van der Waals surface area contributed by atoms with Gasteiger partial charge in [0.25, 0.3) is 0 Å². The lowest BCUT2D eigenvalue weighted by Crippen LogP contribution is -2.27. The van der Waals surface area contributed by atoms with Gasteiger partial charge >= 0.3 is 5.97 Å². The average Bonchev–Trinajstić information content (AvgIpc) is 2.98. The fourth-order valence-electron chi connectivity index (χ4n) is 2.18. The molecule has 0 aliphatic rings. The van der Waals surface area contributed by atoms with Crippen LogP contribution in [0.2, 0.25) is 0 Å². The Labute approximate surface area is 123 Å². The Balaban J connectivity index is 2.27. The van der Waals surface area contributed by atoms with Crippen LogP contribution in [0.15, 0.2) is 46.9 Å². The molecule has 0 amide bonds. The summed E-state index contributed by atoms with van der Waals surface area (Å²) in [5.74, 6) is -0.601.